The van der Waals surface area contributed by atoms with Gasteiger partial charge in [-0.05, 0) is 37.8 Å². The molecule has 2 saturated heterocycles. The minimum Gasteiger partial charge on any atom is -0.329 e. The molecule has 2 aliphatic rings. The van der Waals surface area contributed by atoms with Crippen molar-refractivity contribution in [2.24, 2.45) is 0 Å². The molecular weight excluding hydrogens is 254 g/mol. The second kappa shape index (κ2) is 5.23. The third kappa shape index (κ3) is 2.17. The van der Waals surface area contributed by atoms with Crippen molar-refractivity contribution in [3.8, 4) is 0 Å². The Morgan fingerprint density at radius 3 is 2.95 bits per heavy atom. The zero-order valence-electron chi connectivity index (χ0n) is 11.7. The Bertz CT molecular complexity index is 517. The zero-order chi connectivity index (χ0) is 14.1. The lowest BCUT2D eigenvalue weighted by molar-refractivity contribution is -0.158. The highest BCUT2D eigenvalue weighted by Gasteiger charge is 2.45. The largest absolute Gasteiger partial charge is 0.329 e. The molecule has 0 saturated carbocycles. The van der Waals surface area contributed by atoms with Crippen molar-refractivity contribution in [3.63, 3.8) is 0 Å². The summed E-state index contributed by atoms with van der Waals surface area (Å²) in [5.41, 5.74) is 1.09. The maximum absolute atomic E-state index is 12.5. The number of aromatic nitrogens is 1. The molecule has 2 fully saturated rings. The number of hydrogen-bond donors (Lipinski definition) is 0. The first kappa shape index (κ1) is 13.1. The van der Waals surface area contributed by atoms with Crippen LogP contribution in [0.4, 0.5) is 0 Å². The molecule has 0 radical (unpaired) electrons. The Morgan fingerprint density at radius 2 is 2.20 bits per heavy atom. The van der Waals surface area contributed by atoms with E-state index < -0.39 is 0 Å². The summed E-state index contributed by atoms with van der Waals surface area (Å²) in [6, 6.07) is 3.33. The van der Waals surface area contributed by atoms with E-state index in [1.165, 1.54) is 0 Å². The number of nitrogens with zero attached hydrogens (tertiary/aromatic N) is 3. The Balaban J connectivity index is 1.72. The van der Waals surface area contributed by atoms with Crippen LogP contribution in [-0.2, 0) is 16.0 Å². The topological polar surface area (TPSA) is 53.5 Å². The fourth-order valence-electron chi connectivity index (χ4n) is 3.14. The van der Waals surface area contributed by atoms with Gasteiger partial charge in [-0.1, -0.05) is 6.07 Å². The maximum atomic E-state index is 12.5. The second-order valence-electron chi connectivity index (χ2n) is 5.51. The van der Waals surface area contributed by atoms with Gasteiger partial charge in [-0.2, -0.15) is 0 Å². The van der Waals surface area contributed by atoms with E-state index in [4.69, 9.17) is 0 Å². The number of carbonyl (C=O) groups is 2. The van der Waals surface area contributed by atoms with E-state index in [0.717, 1.165) is 31.4 Å². The van der Waals surface area contributed by atoms with Crippen LogP contribution in [-0.4, -0.2) is 51.8 Å². The molecule has 2 unspecified atom stereocenters. The summed E-state index contributed by atoms with van der Waals surface area (Å²) >= 11 is 0. The summed E-state index contributed by atoms with van der Waals surface area (Å²) in [7, 11) is 0. The van der Waals surface area contributed by atoms with Crippen LogP contribution in [0.15, 0.2) is 24.5 Å². The van der Waals surface area contributed by atoms with Crippen molar-refractivity contribution in [3.05, 3.63) is 30.1 Å². The normalized spacial score (nSPS) is 26.1. The number of fused-ring (bicyclic) bond motifs is 1. The fraction of sp³-hybridized carbons (Fsp3) is 0.533. The van der Waals surface area contributed by atoms with Gasteiger partial charge >= 0.3 is 0 Å². The first-order chi connectivity index (χ1) is 9.68. The molecule has 0 aromatic carbocycles. The van der Waals surface area contributed by atoms with E-state index in [1.807, 2.05) is 25.3 Å². The van der Waals surface area contributed by atoms with E-state index in [1.54, 1.807) is 16.0 Å². The Kier molecular flexibility index (Phi) is 3.42. The standard InChI is InChI=1S/C15H19N3O2/c1-11-14(19)18-8-3-5-13(18)15(20)17(11)9-6-12-4-2-7-16-10-12/h2,4,7,10-11,13H,3,5-6,8-9H2,1H3. The van der Waals surface area contributed by atoms with Gasteiger partial charge in [0.15, 0.2) is 0 Å². The van der Waals surface area contributed by atoms with E-state index in [9.17, 15) is 9.59 Å². The highest BCUT2D eigenvalue weighted by Crippen LogP contribution is 2.26. The van der Waals surface area contributed by atoms with Crippen molar-refractivity contribution >= 4 is 11.8 Å². The van der Waals surface area contributed by atoms with Gasteiger partial charge in [0.05, 0.1) is 0 Å². The average Bonchev–Trinajstić information content (AvgIpc) is 2.96. The predicted octanol–water partition coefficient (Wildman–Crippen LogP) is 0.846. The Labute approximate surface area is 118 Å². The number of hydrogen-bond acceptors (Lipinski definition) is 3. The minimum absolute atomic E-state index is 0.0956. The molecule has 2 atom stereocenters. The smallest absolute Gasteiger partial charge is 0.246 e. The first-order valence-corrected chi connectivity index (χ1v) is 7.18. The first-order valence-electron chi connectivity index (χ1n) is 7.18. The van der Waals surface area contributed by atoms with E-state index in [2.05, 4.69) is 4.98 Å². The Morgan fingerprint density at radius 1 is 1.35 bits per heavy atom. The average molecular weight is 273 g/mol. The monoisotopic (exact) mass is 273 g/mol. The Hall–Kier alpha value is -1.91. The highest BCUT2D eigenvalue weighted by atomic mass is 16.2. The molecule has 3 heterocycles. The molecule has 5 heteroatoms. The maximum Gasteiger partial charge on any atom is 0.246 e. The SMILES string of the molecule is CC1C(=O)N2CCCC2C(=O)N1CCc1cccnc1. The molecule has 20 heavy (non-hydrogen) atoms. The molecule has 2 amide bonds. The number of rotatable bonds is 3. The van der Waals surface area contributed by atoms with Crippen molar-refractivity contribution in [2.75, 3.05) is 13.1 Å². The third-order valence-corrected chi connectivity index (χ3v) is 4.29. The van der Waals surface area contributed by atoms with Crippen molar-refractivity contribution in [2.45, 2.75) is 38.3 Å². The van der Waals surface area contributed by atoms with Crippen LogP contribution in [0.3, 0.4) is 0 Å². The van der Waals surface area contributed by atoms with Crippen LogP contribution >= 0.6 is 0 Å². The highest BCUT2D eigenvalue weighted by molar-refractivity contribution is 5.97. The molecule has 0 bridgehead atoms. The molecule has 3 rings (SSSR count). The summed E-state index contributed by atoms with van der Waals surface area (Å²) in [5.74, 6) is 0.205. The predicted molar refractivity (Wildman–Crippen MR) is 73.9 cm³/mol. The van der Waals surface area contributed by atoms with Crippen LogP contribution in [0.2, 0.25) is 0 Å². The summed E-state index contributed by atoms with van der Waals surface area (Å²) in [5, 5.41) is 0. The second-order valence-corrected chi connectivity index (χ2v) is 5.51. The lowest BCUT2D eigenvalue weighted by Gasteiger charge is -2.41. The number of pyridine rings is 1. The van der Waals surface area contributed by atoms with Gasteiger partial charge in [-0.3, -0.25) is 14.6 Å². The van der Waals surface area contributed by atoms with Gasteiger partial charge in [0.25, 0.3) is 0 Å². The molecule has 1 aromatic heterocycles. The van der Waals surface area contributed by atoms with Gasteiger partial charge in [0, 0.05) is 25.5 Å². The fourth-order valence-corrected chi connectivity index (χ4v) is 3.14. The summed E-state index contributed by atoms with van der Waals surface area (Å²) in [4.78, 5) is 32.4. The van der Waals surface area contributed by atoms with E-state index >= 15 is 0 Å². The van der Waals surface area contributed by atoms with Crippen molar-refractivity contribution in [1.29, 1.82) is 0 Å². The molecule has 5 nitrogen and oxygen atoms in total. The molecule has 106 valence electrons. The van der Waals surface area contributed by atoms with Gasteiger partial charge < -0.3 is 9.80 Å². The summed E-state index contributed by atoms with van der Waals surface area (Å²) < 4.78 is 0. The molecule has 2 aliphatic heterocycles. The zero-order valence-corrected chi connectivity index (χ0v) is 11.7. The molecule has 0 aliphatic carbocycles. The van der Waals surface area contributed by atoms with Gasteiger partial charge in [-0.25, -0.2) is 0 Å². The van der Waals surface area contributed by atoms with Crippen molar-refractivity contribution < 1.29 is 9.59 Å². The molecule has 1 aromatic rings. The van der Waals surface area contributed by atoms with Crippen LogP contribution in [0.5, 0.6) is 0 Å². The van der Waals surface area contributed by atoms with Crippen LogP contribution in [0.25, 0.3) is 0 Å². The summed E-state index contributed by atoms with van der Waals surface area (Å²) in [6.45, 7) is 3.15. The molecule has 0 N–H and O–H groups in total. The van der Waals surface area contributed by atoms with Crippen molar-refractivity contribution in [1.82, 2.24) is 14.8 Å². The van der Waals surface area contributed by atoms with Gasteiger partial charge in [-0.15, -0.1) is 0 Å². The number of amides is 2. The van der Waals surface area contributed by atoms with Crippen LogP contribution in [0.1, 0.15) is 25.3 Å². The molecular formula is C15H19N3O2. The lowest BCUT2D eigenvalue weighted by Crippen LogP contribution is -2.62. The molecule has 0 spiro atoms. The van der Waals surface area contributed by atoms with Gasteiger partial charge in [0.1, 0.15) is 12.1 Å². The third-order valence-electron chi connectivity index (χ3n) is 4.29. The van der Waals surface area contributed by atoms with E-state index in [-0.39, 0.29) is 23.9 Å². The number of carbonyl (C=O) groups excluding carboxylic acids is 2. The van der Waals surface area contributed by atoms with Gasteiger partial charge in [0.2, 0.25) is 11.8 Å². The van der Waals surface area contributed by atoms with Crippen LogP contribution < -0.4 is 0 Å². The summed E-state index contributed by atoms with van der Waals surface area (Å²) in [6.07, 6.45) is 6.02. The van der Waals surface area contributed by atoms with E-state index in [0.29, 0.717) is 6.54 Å². The lowest BCUT2D eigenvalue weighted by atomic mass is 10.1. The minimum atomic E-state index is -0.339. The van der Waals surface area contributed by atoms with Crippen LogP contribution in [0, 0.1) is 0 Å². The number of piperazine rings is 1. The quantitative estimate of drug-likeness (QED) is 0.820.